The highest BCUT2D eigenvalue weighted by molar-refractivity contribution is 7.09. The van der Waals surface area contributed by atoms with Crippen molar-refractivity contribution in [1.82, 2.24) is 5.32 Å². The lowest BCUT2D eigenvalue weighted by Gasteiger charge is -2.09. The van der Waals surface area contributed by atoms with E-state index in [1.165, 1.54) is 4.88 Å². The lowest BCUT2D eigenvalue weighted by Crippen LogP contribution is -2.32. The van der Waals surface area contributed by atoms with Gasteiger partial charge in [-0.15, -0.1) is 17.8 Å². The lowest BCUT2D eigenvalue weighted by molar-refractivity contribution is -0.116. The number of terminal acetylenes is 1. The van der Waals surface area contributed by atoms with Gasteiger partial charge in [0.05, 0.1) is 6.54 Å². The molecule has 3 N–H and O–H groups in total. The minimum atomic E-state index is -0.411. The molecule has 3 aromatic rings. The van der Waals surface area contributed by atoms with Crippen LogP contribution < -0.4 is 16.0 Å². The summed E-state index contributed by atoms with van der Waals surface area (Å²) in [6.45, 7) is -0.196. The molecule has 3 amide bonds. The number of amides is 3. The van der Waals surface area contributed by atoms with E-state index in [9.17, 15) is 14.4 Å². The third-order valence-corrected chi connectivity index (χ3v) is 5.47. The summed E-state index contributed by atoms with van der Waals surface area (Å²) in [5.41, 5.74) is 2.10. The van der Waals surface area contributed by atoms with Gasteiger partial charge in [0.15, 0.2) is 0 Å². The Kier molecular flexibility index (Phi) is 8.18. The standard InChI is InChI=1S/C25H23N3O3S/c1-2-18-7-3-9-20(15-18)28-24(30)17-26-25(31)19-8-4-10-21(16-19)27-23(29)13-5-11-22-12-6-14-32-22/h1,3-4,6-10,12,14-16H,5,11,13,17H2,(H,26,31)(H,27,29)(H,28,30). The Morgan fingerprint density at radius 1 is 0.906 bits per heavy atom. The van der Waals surface area contributed by atoms with Gasteiger partial charge in [0.2, 0.25) is 11.8 Å². The summed E-state index contributed by atoms with van der Waals surface area (Å²) in [5, 5.41) is 10.1. The molecular formula is C25H23N3O3S. The van der Waals surface area contributed by atoms with Crippen LogP contribution in [0.25, 0.3) is 0 Å². The third kappa shape index (κ3) is 7.11. The van der Waals surface area contributed by atoms with Crippen molar-refractivity contribution in [3.8, 4) is 12.3 Å². The molecule has 162 valence electrons. The van der Waals surface area contributed by atoms with Crippen LogP contribution >= 0.6 is 11.3 Å². The first kappa shape index (κ1) is 22.8. The van der Waals surface area contributed by atoms with E-state index in [1.54, 1.807) is 59.9 Å². The fourth-order valence-electron chi connectivity index (χ4n) is 2.99. The summed E-state index contributed by atoms with van der Waals surface area (Å²) >= 11 is 1.68. The Morgan fingerprint density at radius 3 is 2.41 bits per heavy atom. The predicted molar refractivity (Wildman–Crippen MR) is 128 cm³/mol. The molecule has 2 aromatic carbocycles. The Bertz CT molecular complexity index is 1130. The molecule has 0 spiro atoms. The van der Waals surface area contributed by atoms with Gasteiger partial charge in [-0.25, -0.2) is 0 Å². The van der Waals surface area contributed by atoms with E-state index in [4.69, 9.17) is 6.42 Å². The van der Waals surface area contributed by atoms with Gasteiger partial charge in [-0.1, -0.05) is 24.1 Å². The van der Waals surface area contributed by atoms with Crippen LogP contribution in [0.15, 0.2) is 66.0 Å². The van der Waals surface area contributed by atoms with Gasteiger partial charge in [0.1, 0.15) is 0 Å². The van der Waals surface area contributed by atoms with E-state index in [2.05, 4.69) is 27.9 Å². The largest absolute Gasteiger partial charge is 0.343 e. The Balaban J connectivity index is 1.46. The molecule has 6 nitrogen and oxygen atoms in total. The zero-order chi connectivity index (χ0) is 22.8. The van der Waals surface area contributed by atoms with Crippen molar-refractivity contribution in [2.24, 2.45) is 0 Å². The highest BCUT2D eigenvalue weighted by Crippen LogP contribution is 2.14. The van der Waals surface area contributed by atoms with Crippen LogP contribution in [0.1, 0.15) is 33.6 Å². The molecule has 7 heteroatoms. The Morgan fingerprint density at radius 2 is 1.66 bits per heavy atom. The van der Waals surface area contributed by atoms with E-state index < -0.39 is 5.91 Å². The summed E-state index contributed by atoms with van der Waals surface area (Å²) in [5.74, 6) is 1.61. The van der Waals surface area contributed by atoms with Crippen LogP contribution in [-0.2, 0) is 16.0 Å². The number of aryl methyl sites for hydroxylation is 1. The van der Waals surface area contributed by atoms with Gasteiger partial charge in [-0.3, -0.25) is 14.4 Å². The van der Waals surface area contributed by atoms with Crippen LogP contribution in [-0.4, -0.2) is 24.3 Å². The van der Waals surface area contributed by atoms with Crippen molar-refractivity contribution >= 4 is 40.4 Å². The molecule has 0 saturated heterocycles. The number of rotatable bonds is 9. The zero-order valence-corrected chi connectivity index (χ0v) is 18.2. The number of anilines is 2. The fraction of sp³-hybridized carbons (Fsp3) is 0.160. The van der Waals surface area contributed by atoms with Crippen LogP contribution in [0.3, 0.4) is 0 Å². The van der Waals surface area contributed by atoms with E-state index in [1.807, 2.05) is 11.4 Å². The number of thiophene rings is 1. The molecule has 0 aliphatic carbocycles. The highest BCUT2D eigenvalue weighted by Gasteiger charge is 2.10. The van der Waals surface area contributed by atoms with E-state index in [-0.39, 0.29) is 18.4 Å². The Hall–Kier alpha value is -3.89. The molecule has 0 aliphatic rings. The van der Waals surface area contributed by atoms with Gasteiger partial charge in [0, 0.05) is 33.8 Å². The Labute approximate surface area is 191 Å². The SMILES string of the molecule is C#Cc1cccc(NC(=O)CNC(=O)c2cccc(NC(=O)CCCc3cccs3)c2)c1. The van der Waals surface area contributed by atoms with Crippen LogP contribution in [0.2, 0.25) is 0 Å². The molecule has 0 atom stereocenters. The lowest BCUT2D eigenvalue weighted by atomic mass is 10.1. The average molecular weight is 446 g/mol. The number of hydrogen-bond acceptors (Lipinski definition) is 4. The molecule has 0 unspecified atom stereocenters. The summed E-state index contributed by atoms with van der Waals surface area (Å²) < 4.78 is 0. The number of hydrogen-bond donors (Lipinski definition) is 3. The van der Waals surface area contributed by atoms with Crippen LogP contribution in [0.5, 0.6) is 0 Å². The first-order chi connectivity index (χ1) is 15.5. The summed E-state index contributed by atoms with van der Waals surface area (Å²) in [4.78, 5) is 38.0. The van der Waals surface area contributed by atoms with Gasteiger partial charge in [-0.05, 0) is 60.7 Å². The molecule has 0 fully saturated rings. The quantitative estimate of drug-likeness (QED) is 0.434. The van der Waals surface area contributed by atoms with Gasteiger partial charge in [-0.2, -0.15) is 0 Å². The first-order valence-electron chi connectivity index (χ1n) is 10.1. The number of carbonyl (C=O) groups is 3. The molecule has 0 saturated carbocycles. The second-order valence-electron chi connectivity index (χ2n) is 7.02. The van der Waals surface area contributed by atoms with Crippen LogP contribution in [0, 0.1) is 12.3 Å². The first-order valence-corrected chi connectivity index (χ1v) is 11.0. The van der Waals surface area contributed by atoms with Gasteiger partial charge < -0.3 is 16.0 Å². The van der Waals surface area contributed by atoms with E-state index >= 15 is 0 Å². The predicted octanol–water partition coefficient (Wildman–Crippen LogP) is 4.06. The molecule has 0 radical (unpaired) electrons. The third-order valence-electron chi connectivity index (χ3n) is 4.54. The fourth-order valence-corrected chi connectivity index (χ4v) is 3.75. The molecule has 1 aromatic heterocycles. The number of benzene rings is 2. The van der Waals surface area contributed by atoms with Crippen molar-refractivity contribution in [1.29, 1.82) is 0 Å². The van der Waals surface area contributed by atoms with Gasteiger partial charge in [0.25, 0.3) is 5.91 Å². The van der Waals surface area contributed by atoms with Crippen LogP contribution in [0.4, 0.5) is 11.4 Å². The second kappa shape index (κ2) is 11.5. The van der Waals surface area contributed by atoms with E-state index in [0.717, 1.165) is 12.8 Å². The maximum absolute atomic E-state index is 12.4. The van der Waals surface area contributed by atoms with Gasteiger partial charge >= 0.3 is 0 Å². The summed E-state index contributed by atoms with van der Waals surface area (Å²) in [6.07, 6.45) is 7.37. The molecule has 0 bridgehead atoms. The normalized spacial score (nSPS) is 10.1. The molecule has 32 heavy (non-hydrogen) atoms. The maximum Gasteiger partial charge on any atom is 0.251 e. The summed E-state index contributed by atoms with van der Waals surface area (Å²) in [7, 11) is 0. The van der Waals surface area contributed by atoms with Crippen molar-refractivity contribution in [3.63, 3.8) is 0 Å². The number of carbonyl (C=O) groups excluding carboxylic acids is 3. The van der Waals surface area contributed by atoms with Crippen molar-refractivity contribution in [2.45, 2.75) is 19.3 Å². The molecule has 0 aliphatic heterocycles. The molecule has 1 heterocycles. The maximum atomic E-state index is 12.4. The van der Waals surface area contributed by atoms with Crippen molar-refractivity contribution in [3.05, 3.63) is 82.0 Å². The zero-order valence-electron chi connectivity index (χ0n) is 17.4. The second-order valence-corrected chi connectivity index (χ2v) is 8.05. The molecule has 3 rings (SSSR count). The topological polar surface area (TPSA) is 87.3 Å². The minimum absolute atomic E-state index is 0.104. The molecular weight excluding hydrogens is 422 g/mol. The summed E-state index contributed by atoms with van der Waals surface area (Å²) in [6, 6.07) is 17.5. The average Bonchev–Trinajstić information content (AvgIpc) is 3.31. The van der Waals surface area contributed by atoms with Crippen molar-refractivity contribution in [2.75, 3.05) is 17.2 Å². The smallest absolute Gasteiger partial charge is 0.251 e. The monoisotopic (exact) mass is 445 g/mol. The number of nitrogens with one attached hydrogen (secondary N) is 3. The van der Waals surface area contributed by atoms with Crippen molar-refractivity contribution < 1.29 is 14.4 Å². The highest BCUT2D eigenvalue weighted by atomic mass is 32.1. The van der Waals surface area contributed by atoms with E-state index in [0.29, 0.717) is 28.9 Å². The minimum Gasteiger partial charge on any atom is -0.343 e.